The van der Waals surface area contributed by atoms with E-state index in [-0.39, 0.29) is 0 Å². The molecule has 13 N–H and O–H groups in total. The zero-order valence-corrected chi connectivity index (χ0v) is 25.9. The van der Waals surface area contributed by atoms with Gasteiger partial charge in [-0.1, -0.05) is 0 Å². The molecule has 0 aromatic rings. The Morgan fingerprint density at radius 3 is 1.15 bits per heavy atom. The molecule has 3 aliphatic heterocycles. The van der Waals surface area contributed by atoms with Gasteiger partial charge in [-0.2, -0.15) is 0 Å². The van der Waals surface area contributed by atoms with E-state index in [1.54, 1.807) is 0 Å². The minimum absolute atomic E-state index is 0.531. The Kier molecular flexibility index (Phi) is 15.4. The maximum absolute atomic E-state index is 13.1. The second-order valence-electron chi connectivity index (χ2n) is 12.2. The Morgan fingerprint density at radius 1 is 0.562 bits per heavy atom. The lowest BCUT2D eigenvalue weighted by Gasteiger charge is -2.44. The molecule has 0 aromatic carbocycles. The maximum Gasteiger partial charge on any atom is 0.217 e. The number of hydrogen-bond donors (Lipinski definition) is 13. The molecule has 280 valence electrons. The summed E-state index contributed by atoms with van der Waals surface area (Å²) in [6, 6.07) is 0. The fourth-order valence-electron chi connectivity index (χ4n) is 5.37. The Morgan fingerprint density at radius 2 is 0.875 bits per heavy atom. The number of carbonyl (C=O) groups excluding carboxylic acids is 2. The molecule has 3 aliphatic rings. The number of Topliss-reactive ketones (excluding diaryl/α,β-unsaturated/α-hetero) is 1. The van der Waals surface area contributed by atoms with E-state index in [9.17, 15) is 70.9 Å². The number of nitrogens with one attached hydrogen (secondary N) is 1. The Hall–Kier alpha value is -1.58. The normalized spacial score (nSPS) is 41.8. The van der Waals surface area contributed by atoms with Gasteiger partial charge >= 0.3 is 0 Å². The molecule has 3 saturated heterocycles. The van der Waals surface area contributed by atoms with Crippen LogP contribution in [0, 0.1) is 5.41 Å². The SMILES string of the molecule is CC(=O)NCC(=O)CC(CO[C@@H]1OC(CO)[C@H](O)[C@H](O)C1O)(CO[C@@H]1OC(CO)[C@H](O)[C@H](O)C1O)CO[C@@H]1OC(CO)[C@H](O)[C@H](O)C1O. The van der Waals surface area contributed by atoms with Crippen LogP contribution < -0.4 is 5.32 Å². The summed E-state index contributed by atoms with van der Waals surface area (Å²) in [4.78, 5) is 24.7. The lowest BCUT2D eigenvalue weighted by Crippen LogP contribution is -2.61. The lowest BCUT2D eigenvalue weighted by molar-refractivity contribution is -0.330. The average Bonchev–Trinajstić information content (AvgIpc) is 3.06. The summed E-state index contributed by atoms with van der Waals surface area (Å²) in [5.41, 5.74) is -1.83. The third-order valence-electron chi connectivity index (χ3n) is 8.31. The molecule has 0 aromatic heterocycles. The first-order chi connectivity index (χ1) is 22.6. The van der Waals surface area contributed by atoms with E-state index in [4.69, 9.17) is 28.4 Å². The van der Waals surface area contributed by atoms with Crippen molar-refractivity contribution >= 4 is 11.7 Å². The molecule has 0 saturated carbocycles. The predicted molar refractivity (Wildman–Crippen MR) is 150 cm³/mol. The molecule has 3 fully saturated rings. The Balaban J connectivity index is 1.94. The Labute approximate surface area is 273 Å². The lowest BCUT2D eigenvalue weighted by atomic mass is 9.84. The third-order valence-corrected chi connectivity index (χ3v) is 8.31. The van der Waals surface area contributed by atoms with E-state index < -0.39 is 162 Å². The molecule has 15 atom stereocenters. The van der Waals surface area contributed by atoms with Crippen molar-refractivity contribution in [3.63, 3.8) is 0 Å². The van der Waals surface area contributed by atoms with Gasteiger partial charge in [0.1, 0.15) is 73.2 Å². The topological polar surface area (TPSA) is 344 Å². The second-order valence-corrected chi connectivity index (χ2v) is 12.2. The second kappa shape index (κ2) is 18.1. The van der Waals surface area contributed by atoms with Gasteiger partial charge in [0.2, 0.25) is 5.91 Å². The first-order valence-corrected chi connectivity index (χ1v) is 15.1. The van der Waals surface area contributed by atoms with Crippen LogP contribution in [0.2, 0.25) is 0 Å². The molecule has 3 rings (SSSR count). The van der Waals surface area contributed by atoms with E-state index in [0.29, 0.717) is 0 Å². The van der Waals surface area contributed by atoms with Gasteiger partial charge < -0.3 is 95.0 Å². The summed E-state index contributed by atoms with van der Waals surface area (Å²) in [5, 5.41) is 124. The molecule has 48 heavy (non-hydrogen) atoms. The van der Waals surface area contributed by atoms with Gasteiger partial charge in [-0.05, 0) is 0 Å². The highest BCUT2D eigenvalue weighted by molar-refractivity contribution is 5.85. The molecule has 0 radical (unpaired) electrons. The molecular weight excluding hydrogens is 658 g/mol. The van der Waals surface area contributed by atoms with E-state index in [0.717, 1.165) is 6.92 Å². The number of amides is 1. The number of aliphatic hydroxyl groups is 12. The van der Waals surface area contributed by atoms with Gasteiger partial charge in [-0.15, -0.1) is 0 Å². The number of aliphatic hydroxyl groups excluding tert-OH is 12. The van der Waals surface area contributed by atoms with Crippen LogP contribution in [0.25, 0.3) is 0 Å². The van der Waals surface area contributed by atoms with E-state index in [2.05, 4.69) is 5.32 Å². The zero-order chi connectivity index (χ0) is 35.9. The molecular formula is C27H47NO20. The zero-order valence-electron chi connectivity index (χ0n) is 25.9. The molecule has 0 bridgehead atoms. The van der Waals surface area contributed by atoms with Crippen molar-refractivity contribution in [2.45, 2.75) is 105 Å². The molecule has 21 heteroatoms. The van der Waals surface area contributed by atoms with Crippen LogP contribution in [-0.2, 0) is 38.0 Å². The van der Waals surface area contributed by atoms with Crippen molar-refractivity contribution in [3.8, 4) is 0 Å². The summed E-state index contributed by atoms with van der Waals surface area (Å²) in [6.45, 7) is -3.96. The Bertz CT molecular complexity index is 920. The van der Waals surface area contributed by atoms with Crippen LogP contribution in [0.1, 0.15) is 13.3 Å². The van der Waals surface area contributed by atoms with Crippen molar-refractivity contribution in [2.24, 2.45) is 5.41 Å². The van der Waals surface area contributed by atoms with Crippen LogP contribution in [-0.4, -0.2) is 211 Å². The molecule has 0 spiro atoms. The van der Waals surface area contributed by atoms with Crippen molar-refractivity contribution in [1.29, 1.82) is 0 Å². The number of carbonyl (C=O) groups is 2. The van der Waals surface area contributed by atoms with Gasteiger partial charge in [0.05, 0.1) is 46.2 Å². The highest BCUT2D eigenvalue weighted by Gasteiger charge is 2.49. The first kappa shape index (κ1) is 40.8. The largest absolute Gasteiger partial charge is 0.394 e. The van der Waals surface area contributed by atoms with Crippen molar-refractivity contribution in [1.82, 2.24) is 5.32 Å². The van der Waals surface area contributed by atoms with E-state index >= 15 is 0 Å². The smallest absolute Gasteiger partial charge is 0.217 e. The van der Waals surface area contributed by atoms with Crippen LogP contribution >= 0.6 is 0 Å². The van der Waals surface area contributed by atoms with Gasteiger partial charge in [0, 0.05) is 18.8 Å². The van der Waals surface area contributed by atoms with Gasteiger partial charge in [0.25, 0.3) is 0 Å². The van der Waals surface area contributed by atoms with Gasteiger partial charge in [-0.25, -0.2) is 0 Å². The fraction of sp³-hybridized carbons (Fsp3) is 0.926. The van der Waals surface area contributed by atoms with Crippen molar-refractivity contribution in [3.05, 3.63) is 0 Å². The summed E-state index contributed by atoms with van der Waals surface area (Å²) in [5.74, 6) is -1.25. The third kappa shape index (κ3) is 9.80. The van der Waals surface area contributed by atoms with E-state index in [1.165, 1.54) is 0 Å². The van der Waals surface area contributed by atoms with Crippen LogP contribution in [0.5, 0.6) is 0 Å². The quantitative estimate of drug-likeness (QED) is 0.0709. The van der Waals surface area contributed by atoms with Crippen LogP contribution in [0.3, 0.4) is 0 Å². The highest BCUT2D eigenvalue weighted by Crippen LogP contribution is 2.33. The minimum atomic E-state index is -1.90. The van der Waals surface area contributed by atoms with Crippen LogP contribution in [0.4, 0.5) is 0 Å². The molecule has 0 aliphatic carbocycles. The average molecular weight is 706 g/mol. The van der Waals surface area contributed by atoms with Gasteiger partial charge in [0.15, 0.2) is 24.7 Å². The van der Waals surface area contributed by atoms with Crippen molar-refractivity contribution in [2.75, 3.05) is 46.2 Å². The summed E-state index contributed by atoms with van der Waals surface area (Å²) in [6.07, 6.45) is -26.5. The standard InChI is InChI=1S/C27H47NO20/c1-10(32)28-3-11(33)2-27(7-43-24-21(40)18(37)15(34)12(4-29)46-24,8-44-25-22(41)19(38)16(35)13(5-30)47-25)9-45-26-23(42)20(39)17(36)14(6-31)48-26/h12-26,29-31,34-42H,2-9H2,1H3,(H,28,32)/t12?,13?,14?,15-,16-,17-,18-,19-,20-,21?,22?,23?,24+,25+,26+,27?/m0/s1. The summed E-state index contributed by atoms with van der Waals surface area (Å²) >= 11 is 0. The predicted octanol–water partition coefficient (Wildman–Crippen LogP) is -8.48. The minimum Gasteiger partial charge on any atom is -0.394 e. The highest BCUT2D eigenvalue weighted by atomic mass is 16.7. The maximum atomic E-state index is 13.1. The number of ketones is 1. The monoisotopic (exact) mass is 705 g/mol. The molecule has 1 amide bonds. The van der Waals surface area contributed by atoms with Gasteiger partial charge in [-0.3, -0.25) is 9.59 Å². The fourth-order valence-corrected chi connectivity index (χ4v) is 5.37. The number of hydrogen-bond acceptors (Lipinski definition) is 20. The van der Waals surface area contributed by atoms with Crippen molar-refractivity contribution < 1.29 is 99.3 Å². The summed E-state index contributed by atoms with van der Waals surface area (Å²) in [7, 11) is 0. The molecule has 21 nitrogen and oxygen atoms in total. The summed E-state index contributed by atoms with van der Waals surface area (Å²) < 4.78 is 33.3. The molecule has 3 heterocycles. The van der Waals surface area contributed by atoms with Crippen LogP contribution in [0.15, 0.2) is 0 Å². The number of rotatable bonds is 16. The number of ether oxygens (including phenoxy) is 6. The van der Waals surface area contributed by atoms with E-state index in [1.807, 2.05) is 0 Å². The first-order valence-electron chi connectivity index (χ1n) is 15.1. The molecule has 6 unspecified atom stereocenters.